The van der Waals surface area contributed by atoms with Crippen LogP contribution in [0, 0.1) is 0 Å². The van der Waals surface area contributed by atoms with E-state index >= 15 is 0 Å². The SMILES string of the molecule is CC(CNc1cccc(S(N)(=O)=O)c1)c1ccccc1. The number of anilines is 1. The number of benzene rings is 2. The number of hydrogen-bond donors (Lipinski definition) is 2. The molecular weight excluding hydrogens is 272 g/mol. The molecule has 0 saturated carbocycles. The Kier molecular flexibility index (Phi) is 4.42. The van der Waals surface area contributed by atoms with Gasteiger partial charge in [-0.3, -0.25) is 0 Å². The summed E-state index contributed by atoms with van der Waals surface area (Å²) in [6.45, 7) is 2.84. The normalized spacial score (nSPS) is 12.9. The van der Waals surface area contributed by atoms with Gasteiger partial charge in [0.2, 0.25) is 10.0 Å². The molecule has 0 heterocycles. The molecule has 0 bridgehead atoms. The van der Waals surface area contributed by atoms with Gasteiger partial charge in [-0.1, -0.05) is 43.3 Å². The standard InChI is InChI=1S/C15H18N2O2S/c1-12(13-6-3-2-4-7-13)11-17-14-8-5-9-15(10-14)20(16,18)19/h2-10,12,17H,11H2,1H3,(H2,16,18,19). The first-order valence-corrected chi connectivity index (χ1v) is 7.93. The molecule has 0 aliphatic heterocycles. The van der Waals surface area contributed by atoms with E-state index in [4.69, 9.17) is 5.14 Å². The van der Waals surface area contributed by atoms with Gasteiger partial charge in [-0.05, 0) is 29.7 Å². The van der Waals surface area contributed by atoms with Crippen molar-refractivity contribution in [2.24, 2.45) is 5.14 Å². The molecule has 0 amide bonds. The van der Waals surface area contributed by atoms with Gasteiger partial charge in [0.25, 0.3) is 0 Å². The monoisotopic (exact) mass is 290 g/mol. The number of sulfonamides is 1. The Morgan fingerprint density at radius 3 is 2.45 bits per heavy atom. The first-order chi connectivity index (χ1) is 9.47. The Bertz CT molecular complexity index is 669. The van der Waals surface area contributed by atoms with Crippen LogP contribution in [0.4, 0.5) is 5.69 Å². The quantitative estimate of drug-likeness (QED) is 0.889. The Hall–Kier alpha value is -1.85. The van der Waals surface area contributed by atoms with E-state index in [-0.39, 0.29) is 4.90 Å². The molecule has 4 nitrogen and oxygen atoms in total. The van der Waals surface area contributed by atoms with Crippen molar-refractivity contribution in [3.05, 3.63) is 60.2 Å². The van der Waals surface area contributed by atoms with E-state index < -0.39 is 10.0 Å². The van der Waals surface area contributed by atoms with E-state index in [1.807, 2.05) is 24.3 Å². The molecule has 0 radical (unpaired) electrons. The molecule has 0 aromatic heterocycles. The number of rotatable bonds is 5. The Morgan fingerprint density at radius 1 is 1.10 bits per heavy atom. The molecule has 2 rings (SSSR count). The molecule has 3 N–H and O–H groups in total. The number of hydrogen-bond acceptors (Lipinski definition) is 3. The fourth-order valence-corrected chi connectivity index (χ4v) is 2.51. The third-order valence-corrected chi connectivity index (χ3v) is 4.05. The predicted octanol–water partition coefficient (Wildman–Crippen LogP) is 2.55. The average molecular weight is 290 g/mol. The summed E-state index contributed by atoms with van der Waals surface area (Å²) in [5.74, 6) is 0.328. The zero-order chi connectivity index (χ0) is 14.6. The van der Waals surface area contributed by atoms with Gasteiger partial charge in [0.15, 0.2) is 0 Å². The number of nitrogens with one attached hydrogen (secondary N) is 1. The minimum absolute atomic E-state index is 0.120. The van der Waals surface area contributed by atoms with Gasteiger partial charge in [0.1, 0.15) is 0 Å². The van der Waals surface area contributed by atoms with E-state index in [1.54, 1.807) is 12.1 Å². The zero-order valence-corrected chi connectivity index (χ0v) is 12.1. The maximum atomic E-state index is 11.3. The third-order valence-electron chi connectivity index (χ3n) is 3.14. The summed E-state index contributed by atoms with van der Waals surface area (Å²) in [6.07, 6.45) is 0. The first-order valence-electron chi connectivity index (χ1n) is 6.38. The number of primary sulfonamides is 1. The van der Waals surface area contributed by atoms with Crippen molar-refractivity contribution in [1.82, 2.24) is 0 Å². The van der Waals surface area contributed by atoms with Crippen molar-refractivity contribution >= 4 is 15.7 Å². The summed E-state index contributed by atoms with van der Waals surface area (Å²) in [5.41, 5.74) is 1.99. The second-order valence-corrected chi connectivity index (χ2v) is 6.33. The summed E-state index contributed by atoms with van der Waals surface area (Å²) >= 11 is 0. The van der Waals surface area contributed by atoms with Crippen molar-refractivity contribution < 1.29 is 8.42 Å². The van der Waals surface area contributed by atoms with E-state index in [0.29, 0.717) is 5.92 Å². The maximum absolute atomic E-state index is 11.3. The molecule has 1 atom stereocenters. The van der Waals surface area contributed by atoms with Crippen LogP contribution in [0.5, 0.6) is 0 Å². The molecule has 0 fully saturated rings. The van der Waals surface area contributed by atoms with Gasteiger partial charge in [-0.15, -0.1) is 0 Å². The second kappa shape index (κ2) is 6.07. The molecule has 0 aliphatic carbocycles. The average Bonchev–Trinajstić information content (AvgIpc) is 2.45. The Morgan fingerprint density at radius 2 is 1.80 bits per heavy atom. The van der Waals surface area contributed by atoms with Crippen molar-refractivity contribution in [1.29, 1.82) is 0 Å². The predicted molar refractivity (Wildman–Crippen MR) is 81.2 cm³/mol. The maximum Gasteiger partial charge on any atom is 0.238 e. The molecule has 5 heteroatoms. The molecule has 20 heavy (non-hydrogen) atoms. The smallest absolute Gasteiger partial charge is 0.238 e. The van der Waals surface area contributed by atoms with Crippen molar-refractivity contribution in [2.75, 3.05) is 11.9 Å². The lowest BCUT2D eigenvalue weighted by molar-refractivity contribution is 0.598. The van der Waals surface area contributed by atoms with Crippen LogP contribution in [0.3, 0.4) is 0 Å². The summed E-state index contributed by atoms with van der Waals surface area (Å²) in [7, 11) is -3.66. The van der Waals surface area contributed by atoms with Crippen LogP contribution in [0.15, 0.2) is 59.5 Å². The van der Waals surface area contributed by atoms with Crippen LogP contribution in [0.1, 0.15) is 18.4 Å². The van der Waals surface area contributed by atoms with Crippen molar-refractivity contribution in [2.45, 2.75) is 17.7 Å². The molecule has 0 aliphatic rings. The van der Waals surface area contributed by atoms with E-state index in [1.165, 1.54) is 11.6 Å². The summed E-state index contributed by atoms with van der Waals surface area (Å²) < 4.78 is 22.6. The van der Waals surface area contributed by atoms with Crippen molar-refractivity contribution in [3.8, 4) is 0 Å². The van der Waals surface area contributed by atoms with E-state index in [0.717, 1.165) is 12.2 Å². The van der Waals surface area contributed by atoms with Crippen LogP contribution >= 0.6 is 0 Å². The molecule has 1 unspecified atom stereocenters. The molecule has 0 spiro atoms. The summed E-state index contributed by atoms with van der Waals surface area (Å²) in [6, 6.07) is 16.7. The lowest BCUT2D eigenvalue weighted by Crippen LogP contribution is -2.13. The van der Waals surface area contributed by atoms with Crippen LogP contribution in [0.2, 0.25) is 0 Å². The topological polar surface area (TPSA) is 72.2 Å². The minimum atomic E-state index is -3.66. The molecule has 0 saturated heterocycles. The van der Waals surface area contributed by atoms with Crippen LogP contribution in [-0.4, -0.2) is 15.0 Å². The molecule has 106 valence electrons. The minimum Gasteiger partial charge on any atom is -0.384 e. The van der Waals surface area contributed by atoms with Crippen LogP contribution in [0.25, 0.3) is 0 Å². The highest BCUT2D eigenvalue weighted by Gasteiger charge is 2.09. The fraction of sp³-hybridized carbons (Fsp3) is 0.200. The second-order valence-electron chi connectivity index (χ2n) is 4.77. The molecule has 2 aromatic rings. The Balaban J connectivity index is 2.05. The highest BCUT2D eigenvalue weighted by Crippen LogP contribution is 2.18. The number of nitrogens with two attached hydrogens (primary N) is 1. The highest BCUT2D eigenvalue weighted by molar-refractivity contribution is 7.89. The Labute approximate surface area is 119 Å². The van der Waals surface area contributed by atoms with Crippen LogP contribution in [-0.2, 0) is 10.0 Å². The van der Waals surface area contributed by atoms with E-state index in [9.17, 15) is 8.42 Å². The van der Waals surface area contributed by atoms with Gasteiger partial charge in [-0.2, -0.15) is 0 Å². The van der Waals surface area contributed by atoms with Gasteiger partial charge in [-0.25, -0.2) is 13.6 Å². The van der Waals surface area contributed by atoms with Gasteiger partial charge < -0.3 is 5.32 Å². The molecular formula is C15H18N2O2S. The zero-order valence-electron chi connectivity index (χ0n) is 11.3. The van der Waals surface area contributed by atoms with Gasteiger partial charge in [0.05, 0.1) is 4.90 Å². The third kappa shape index (κ3) is 3.82. The first kappa shape index (κ1) is 14.6. The van der Waals surface area contributed by atoms with Gasteiger partial charge in [0, 0.05) is 12.2 Å². The summed E-state index contributed by atoms with van der Waals surface area (Å²) in [4.78, 5) is 0.120. The summed E-state index contributed by atoms with van der Waals surface area (Å²) in [5, 5.41) is 8.35. The lowest BCUT2D eigenvalue weighted by atomic mass is 10.0. The molecule has 2 aromatic carbocycles. The highest BCUT2D eigenvalue weighted by atomic mass is 32.2. The largest absolute Gasteiger partial charge is 0.384 e. The van der Waals surface area contributed by atoms with Crippen molar-refractivity contribution in [3.63, 3.8) is 0 Å². The van der Waals surface area contributed by atoms with E-state index in [2.05, 4.69) is 24.4 Å². The van der Waals surface area contributed by atoms with Gasteiger partial charge >= 0.3 is 0 Å². The lowest BCUT2D eigenvalue weighted by Gasteiger charge is -2.14. The van der Waals surface area contributed by atoms with Crippen LogP contribution < -0.4 is 10.5 Å². The fourth-order valence-electron chi connectivity index (χ4n) is 1.95.